The Kier molecular flexibility index (Phi) is 4.87. The number of anilines is 1. The highest BCUT2D eigenvalue weighted by molar-refractivity contribution is 5.90. The highest BCUT2D eigenvalue weighted by Gasteiger charge is 2.30. The number of carbonyl (C=O) groups is 1. The van der Waals surface area contributed by atoms with Crippen LogP contribution in [-0.4, -0.2) is 40.9 Å². The third-order valence-corrected chi connectivity index (χ3v) is 4.10. The van der Waals surface area contributed by atoms with Crippen LogP contribution in [0.1, 0.15) is 25.5 Å². The van der Waals surface area contributed by atoms with E-state index in [1.807, 2.05) is 30.4 Å². The Hall–Kier alpha value is -2.64. The van der Waals surface area contributed by atoms with Crippen molar-refractivity contribution in [2.24, 2.45) is 0 Å². The molecule has 1 aliphatic carbocycles. The van der Waals surface area contributed by atoms with E-state index in [-0.39, 0.29) is 5.91 Å². The number of pyridine rings is 1. The van der Waals surface area contributed by atoms with Crippen LogP contribution in [0.25, 0.3) is 16.7 Å². The van der Waals surface area contributed by atoms with Crippen molar-refractivity contribution in [1.29, 1.82) is 0 Å². The fourth-order valence-corrected chi connectivity index (χ4v) is 2.60. The highest BCUT2D eigenvalue weighted by Crippen LogP contribution is 2.32. The van der Waals surface area contributed by atoms with Gasteiger partial charge in [-0.2, -0.15) is 0 Å². The van der Waals surface area contributed by atoms with E-state index in [4.69, 9.17) is 9.47 Å². The third kappa shape index (κ3) is 3.57. The summed E-state index contributed by atoms with van der Waals surface area (Å²) in [7, 11) is 3.22. The second-order valence-corrected chi connectivity index (χ2v) is 5.64. The molecule has 1 amide bonds. The molecule has 2 aromatic heterocycles. The van der Waals surface area contributed by atoms with Gasteiger partial charge in [-0.05, 0) is 23.8 Å². The Balaban J connectivity index is 1.93. The molecule has 130 valence electrons. The highest BCUT2D eigenvalue weighted by atomic mass is 16.7. The van der Waals surface area contributed by atoms with Gasteiger partial charge in [0.15, 0.2) is 17.3 Å². The lowest BCUT2D eigenvalue weighted by Crippen LogP contribution is -2.32. The summed E-state index contributed by atoms with van der Waals surface area (Å²) in [5.41, 5.74) is 2.87. The van der Waals surface area contributed by atoms with E-state index in [9.17, 15) is 4.79 Å². The van der Waals surface area contributed by atoms with Gasteiger partial charge in [0.05, 0.1) is 11.9 Å². The lowest BCUT2D eigenvalue weighted by molar-refractivity contribution is -0.166. The van der Waals surface area contributed by atoms with Crippen LogP contribution in [-0.2, 0) is 14.3 Å². The number of hydrogen-bond acceptors (Lipinski definition) is 6. The second-order valence-electron chi connectivity index (χ2n) is 5.64. The number of nitrogens with zero attached hydrogens (tertiary/aromatic N) is 3. The normalized spacial score (nSPS) is 15.9. The fraction of sp³-hybridized carbons (Fsp3) is 0.333. The number of hydrogen-bond donors (Lipinski definition) is 1. The third-order valence-electron chi connectivity index (χ3n) is 4.10. The van der Waals surface area contributed by atoms with Crippen molar-refractivity contribution in [2.75, 3.05) is 19.5 Å². The first kappa shape index (κ1) is 17.2. The van der Waals surface area contributed by atoms with E-state index in [2.05, 4.69) is 20.3 Å². The molecule has 2 aromatic rings. The van der Waals surface area contributed by atoms with Crippen LogP contribution in [0, 0.1) is 0 Å². The number of carbonyl (C=O) groups excluding carboxylic acids is 1. The standard InChI is InChI=1S/C18H20N4O3/c1-4-16(23)21-15-11-19-14-8-7-13(20-17(14)22-15)12-6-5-9-18(10-12,24-2)25-3/h5-9,11H,4,10H2,1-3H3,(H,20,21,22,23). The van der Waals surface area contributed by atoms with Crippen molar-refractivity contribution in [3.05, 3.63) is 42.3 Å². The molecule has 0 spiro atoms. The van der Waals surface area contributed by atoms with Crippen LogP contribution in [0.2, 0.25) is 0 Å². The Morgan fingerprint density at radius 1 is 1.28 bits per heavy atom. The number of amides is 1. The van der Waals surface area contributed by atoms with Gasteiger partial charge in [-0.3, -0.25) is 4.79 Å². The molecule has 3 rings (SSSR count). The van der Waals surface area contributed by atoms with Crippen LogP contribution >= 0.6 is 0 Å². The molecule has 0 radical (unpaired) electrons. The Morgan fingerprint density at radius 2 is 2.08 bits per heavy atom. The maximum Gasteiger partial charge on any atom is 0.225 e. The Bertz CT molecular complexity index is 857. The van der Waals surface area contributed by atoms with Gasteiger partial charge in [-0.1, -0.05) is 19.1 Å². The lowest BCUT2D eigenvalue weighted by atomic mass is 9.96. The van der Waals surface area contributed by atoms with Crippen molar-refractivity contribution < 1.29 is 14.3 Å². The minimum Gasteiger partial charge on any atom is -0.349 e. The number of nitrogens with one attached hydrogen (secondary N) is 1. The molecule has 0 aromatic carbocycles. The minimum atomic E-state index is -0.788. The SMILES string of the molecule is CCC(=O)Nc1cnc2ccc(C3=CC=CC(OC)(OC)C3)nc2n1. The van der Waals surface area contributed by atoms with Gasteiger partial charge in [-0.25, -0.2) is 15.0 Å². The average Bonchev–Trinajstić information content (AvgIpc) is 2.67. The molecule has 0 saturated carbocycles. The van der Waals surface area contributed by atoms with E-state index < -0.39 is 5.79 Å². The second kappa shape index (κ2) is 7.08. The molecule has 1 aliphatic rings. The predicted octanol–water partition coefficient (Wildman–Crippen LogP) is 2.71. The van der Waals surface area contributed by atoms with Crippen LogP contribution in [0.15, 0.2) is 36.6 Å². The van der Waals surface area contributed by atoms with E-state index >= 15 is 0 Å². The van der Waals surface area contributed by atoms with Crippen molar-refractivity contribution in [1.82, 2.24) is 15.0 Å². The summed E-state index contributed by atoms with van der Waals surface area (Å²) in [5.74, 6) is -0.511. The topological polar surface area (TPSA) is 86.2 Å². The number of methoxy groups -OCH3 is 2. The van der Waals surface area contributed by atoms with E-state index in [0.29, 0.717) is 29.8 Å². The number of rotatable bonds is 5. The quantitative estimate of drug-likeness (QED) is 0.842. The largest absolute Gasteiger partial charge is 0.349 e. The first-order chi connectivity index (χ1) is 12.1. The lowest BCUT2D eigenvalue weighted by Gasteiger charge is -2.30. The predicted molar refractivity (Wildman–Crippen MR) is 94.7 cm³/mol. The summed E-state index contributed by atoms with van der Waals surface area (Å²) in [6.07, 6.45) is 8.18. The van der Waals surface area contributed by atoms with Gasteiger partial charge in [0.1, 0.15) is 5.52 Å². The first-order valence-corrected chi connectivity index (χ1v) is 8.02. The Morgan fingerprint density at radius 3 is 2.80 bits per heavy atom. The van der Waals surface area contributed by atoms with Crippen molar-refractivity contribution in [3.63, 3.8) is 0 Å². The summed E-state index contributed by atoms with van der Waals surface area (Å²) in [5, 5.41) is 2.70. The summed E-state index contributed by atoms with van der Waals surface area (Å²) < 4.78 is 11.0. The molecule has 0 atom stereocenters. The van der Waals surface area contributed by atoms with Gasteiger partial charge in [0.2, 0.25) is 5.91 Å². The summed E-state index contributed by atoms with van der Waals surface area (Å²) in [6.45, 7) is 1.78. The molecule has 0 unspecified atom stereocenters. The molecule has 1 N–H and O–H groups in total. The summed E-state index contributed by atoms with van der Waals surface area (Å²) in [4.78, 5) is 24.8. The zero-order valence-electron chi connectivity index (χ0n) is 14.4. The molecular formula is C18H20N4O3. The molecule has 0 aliphatic heterocycles. The van der Waals surface area contributed by atoms with Gasteiger partial charge < -0.3 is 14.8 Å². The van der Waals surface area contributed by atoms with Crippen LogP contribution < -0.4 is 5.32 Å². The maximum absolute atomic E-state index is 11.5. The zero-order valence-corrected chi connectivity index (χ0v) is 14.4. The number of aromatic nitrogens is 3. The van der Waals surface area contributed by atoms with Crippen LogP contribution in [0.5, 0.6) is 0 Å². The summed E-state index contributed by atoms with van der Waals surface area (Å²) >= 11 is 0. The molecule has 0 fully saturated rings. The smallest absolute Gasteiger partial charge is 0.225 e. The zero-order chi connectivity index (χ0) is 17.9. The molecule has 7 nitrogen and oxygen atoms in total. The monoisotopic (exact) mass is 340 g/mol. The fourth-order valence-electron chi connectivity index (χ4n) is 2.60. The van der Waals surface area contributed by atoms with Gasteiger partial charge >= 0.3 is 0 Å². The molecular weight excluding hydrogens is 320 g/mol. The minimum absolute atomic E-state index is 0.116. The maximum atomic E-state index is 11.5. The van der Waals surface area contributed by atoms with Crippen molar-refractivity contribution in [3.8, 4) is 0 Å². The first-order valence-electron chi connectivity index (χ1n) is 8.02. The number of fused-ring (bicyclic) bond motifs is 1. The van der Waals surface area contributed by atoms with E-state index in [0.717, 1.165) is 11.3 Å². The number of allylic oxidation sites excluding steroid dienone is 2. The number of ether oxygens (including phenoxy) is 2. The van der Waals surface area contributed by atoms with Crippen LogP contribution in [0.4, 0.5) is 5.82 Å². The molecule has 0 bridgehead atoms. The molecule has 25 heavy (non-hydrogen) atoms. The molecule has 7 heteroatoms. The van der Waals surface area contributed by atoms with E-state index in [1.165, 1.54) is 6.20 Å². The van der Waals surface area contributed by atoms with Gasteiger partial charge in [0, 0.05) is 27.1 Å². The van der Waals surface area contributed by atoms with Gasteiger partial charge in [-0.15, -0.1) is 0 Å². The van der Waals surface area contributed by atoms with E-state index in [1.54, 1.807) is 21.1 Å². The van der Waals surface area contributed by atoms with Gasteiger partial charge in [0.25, 0.3) is 0 Å². The van der Waals surface area contributed by atoms with Crippen molar-refractivity contribution >= 4 is 28.5 Å². The Labute approximate surface area is 145 Å². The summed E-state index contributed by atoms with van der Waals surface area (Å²) in [6, 6.07) is 3.75. The molecule has 2 heterocycles. The van der Waals surface area contributed by atoms with Crippen LogP contribution in [0.3, 0.4) is 0 Å². The van der Waals surface area contributed by atoms with Crippen molar-refractivity contribution in [2.45, 2.75) is 25.6 Å². The molecule has 0 saturated heterocycles. The average molecular weight is 340 g/mol.